The van der Waals surface area contributed by atoms with E-state index in [0.29, 0.717) is 24.1 Å². The lowest BCUT2D eigenvalue weighted by molar-refractivity contribution is 0.310. The summed E-state index contributed by atoms with van der Waals surface area (Å²) in [5, 5.41) is 3.99. The Morgan fingerprint density at radius 3 is 2.60 bits per heavy atom. The first-order valence-corrected chi connectivity index (χ1v) is 6.85. The standard InChI is InChI=1S/C15H21N3O2/c1-4-10(2)14(16)15-17-13(18-20-15)9-11-5-7-12(19-3)8-6-11/h5-8,10,14H,4,9,16H2,1-3H3/t10?,14-/m0/s1. The molecule has 0 fully saturated rings. The minimum absolute atomic E-state index is 0.197. The van der Waals surface area contributed by atoms with E-state index in [-0.39, 0.29) is 6.04 Å². The summed E-state index contributed by atoms with van der Waals surface area (Å²) in [4.78, 5) is 4.38. The highest BCUT2D eigenvalue weighted by atomic mass is 16.5. The maximum atomic E-state index is 6.08. The van der Waals surface area contributed by atoms with Crippen LogP contribution in [0.2, 0.25) is 0 Å². The molecule has 0 aliphatic heterocycles. The molecule has 0 aliphatic rings. The Kier molecular flexibility index (Phi) is 4.74. The zero-order chi connectivity index (χ0) is 14.5. The highest BCUT2D eigenvalue weighted by molar-refractivity contribution is 5.28. The molecule has 1 unspecified atom stereocenters. The molecule has 2 N–H and O–H groups in total. The first-order valence-electron chi connectivity index (χ1n) is 6.85. The molecular formula is C15H21N3O2. The molecule has 1 heterocycles. The maximum absolute atomic E-state index is 6.08. The third-order valence-electron chi connectivity index (χ3n) is 3.55. The molecule has 20 heavy (non-hydrogen) atoms. The summed E-state index contributed by atoms with van der Waals surface area (Å²) >= 11 is 0. The van der Waals surface area contributed by atoms with Gasteiger partial charge in [0.1, 0.15) is 5.75 Å². The molecule has 2 rings (SSSR count). The smallest absolute Gasteiger partial charge is 0.243 e. The van der Waals surface area contributed by atoms with Crippen molar-refractivity contribution in [3.8, 4) is 5.75 Å². The van der Waals surface area contributed by atoms with E-state index in [1.807, 2.05) is 24.3 Å². The van der Waals surface area contributed by atoms with E-state index < -0.39 is 0 Å². The number of rotatable bonds is 6. The summed E-state index contributed by atoms with van der Waals surface area (Å²) in [6.45, 7) is 4.18. The first kappa shape index (κ1) is 14.5. The number of ether oxygens (including phenoxy) is 1. The molecule has 5 nitrogen and oxygen atoms in total. The highest BCUT2D eigenvalue weighted by Crippen LogP contribution is 2.21. The van der Waals surface area contributed by atoms with Gasteiger partial charge in [-0.15, -0.1) is 0 Å². The summed E-state index contributed by atoms with van der Waals surface area (Å²) in [7, 11) is 1.65. The van der Waals surface area contributed by atoms with Crippen molar-refractivity contribution >= 4 is 0 Å². The lowest BCUT2D eigenvalue weighted by Gasteiger charge is -2.12. The van der Waals surface area contributed by atoms with Crippen LogP contribution in [0.5, 0.6) is 5.75 Å². The van der Waals surface area contributed by atoms with E-state index in [1.165, 1.54) is 0 Å². The fraction of sp³-hybridized carbons (Fsp3) is 0.467. The minimum atomic E-state index is -0.197. The molecular weight excluding hydrogens is 254 g/mol. The molecule has 5 heteroatoms. The number of hydrogen-bond acceptors (Lipinski definition) is 5. The van der Waals surface area contributed by atoms with Crippen LogP contribution in [-0.4, -0.2) is 17.3 Å². The Labute approximate surface area is 119 Å². The molecule has 1 aromatic carbocycles. The van der Waals surface area contributed by atoms with Crippen molar-refractivity contribution in [2.24, 2.45) is 11.7 Å². The fourth-order valence-corrected chi connectivity index (χ4v) is 1.90. The predicted octanol–water partition coefficient (Wildman–Crippen LogP) is 2.71. The van der Waals surface area contributed by atoms with Crippen molar-refractivity contribution in [1.29, 1.82) is 0 Å². The van der Waals surface area contributed by atoms with E-state index in [2.05, 4.69) is 24.0 Å². The van der Waals surface area contributed by atoms with E-state index >= 15 is 0 Å². The Morgan fingerprint density at radius 2 is 2.00 bits per heavy atom. The van der Waals surface area contributed by atoms with Crippen molar-refractivity contribution in [2.45, 2.75) is 32.7 Å². The van der Waals surface area contributed by atoms with Gasteiger partial charge in [-0.3, -0.25) is 0 Å². The molecule has 0 spiro atoms. The summed E-state index contributed by atoms with van der Waals surface area (Å²) in [5.41, 5.74) is 7.19. The molecule has 0 amide bonds. The Hall–Kier alpha value is -1.88. The van der Waals surface area contributed by atoms with Gasteiger partial charge in [-0.2, -0.15) is 4.98 Å². The van der Waals surface area contributed by atoms with Crippen molar-refractivity contribution in [3.05, 3.63) is 41.5 Å². The maximum Gasteiger partial charge on any atom is 0.243 e. The van der Waals surface area contributed by atoms with Crippen LogP contribution in [0, 0.1) is 5.92 Å². The Morgan fingerprint density at radius 1 is 1.30 bits per heavy atom. The molecule has 108 valence electrons. The number of aromatic nitrogens is 2. The molecule has 2 aromatic rings. The Bertz CT molecular complexity index is 536. The first-order chi connectivity index (χ1) is 9.63. The van der Waals surface area contributed by atoms with E-state index in [9.17, 15) is 0 Å². The van der Waals surface area contributed by atoms with Gasteiger partial charge in [-0.25, -0.2) is 0 Å². The molecule has 1 aromatic heterocycles. The zero-order valence-corrected chi connectivity index (χ0v) is 12.2. The largest absolute Gasteiger partial charge is 0.497 e. The molecule has 0 saturated heterocycles. The second-order valence-corrected chi connectivity index (χ2v) is 4.99. The topological polar surface area (TPSA) is 74.2 Å². The van der Waals surface area contributed by atoms with Gasteiger partial charge in [0.25, 0.3) is 0 Å². The number of hydrogen-bond donors (Lipinski definition) is 1. The molecule has 0 aliphatic carbocycles. The van der Waals surface area contributed by atoms with Crippen LogP contribution in [-0.2, 0) is 6.42 Å². The van der Waals surface area contributed by atoms with Crippen molar-refractivity contribution < 1.29 is 9.26 Å². The number of benzene rings is 1. The molecule has 0 bridgehead atoms. The summed E-state index contributed by atoms with van der Waals surface area (Å²) in [6.07, 6.45) is 1.61. The van der Waals surface area contributed by atoms with Gasteiger partial charge in [-0.1, -0.05) is 37.6 Å². The van der Waals surface area contributed by atoms with Crippen LogP contribution >= 0.6 is 0 Å². The monoisotopic (exact) mass is 275 g/mol. The van der Waals surface area contributed by atoms with Gasteiger partial charge in [0.15, 0.2) is 5.82 Å². The van der Waals surface area contributed by atoms with Gasteiger partial charge in [0.05, 0.1) is 13.2 Å². The van der Waals surface area contributed by atoms with E-state index in [4.69, 9.17) is 15.0 Å². The van der Waals surface area contributed by atoms with Crippen LogP contribution in [0.1, 0.15) is 43.6 Å². The van der Waals surface area contributed by atoms with Crippen LogP contribution in [0.15, 0.2) is 28.8 Å². The number of nitrogens with zero attached hydrogens (tertiary/aromatic N) is 2. The quantitative estimate of drug-likeness (QED) is 0.877. The van der Waals surface area contributed by atoms with Gasteiger partial charge >= 0.3 is 0 Å². The summed E-state index contributed by atoms with van der Waals surface area (Å²) in [5.74, 6) is 2.33. The summed E-state index contributed by atoms with van der Waals surface area (Å²) < 4.78 is 10.4. The fourth-order valence-electron chi connectivity index (χ4n) is 1.90. The van der Waals surface area contributed by atoms with Crippen LogP contribution in [0.3, 0.4) is 0 Å². The van der Waals surface area contributed by atoms with Crippen LogP contribution in [0.4, 0.5) is 0 Å². The second kappa shape index (κ2) is 6.52. The van der Waals surface area contributed by atoms with E-state index in [1.54, 1.807) is 7.11 Å². The lowest BCUT2D eigenvalue weighted by Crippen LogP contribution is -2.18. The zero-order valence-electron chi connectivity index (χ0n) is 12.2. The van der Waals surface area contributed by atoms with Crippen molar-refractivity contribution in [3.63, 3.8) is 0 Å². The normalized spacial score (nSPS) is 14.0. The van der Waals surface area contributed by atoms with Gasteiger partial charge in [0.2, 0.25) is 5.89 Å². The molecule has 0 saturated carbocycles. The predicted molar refractivity (Wildman–Crippen MR) is 76.5 cm³/mol. The van der Waals surface area contributed by atoms with Crippen molar-refractivity contribution in [2.75, 3.05) is 7.11 Å². The average Bonchev–Trinajstić information content (AvgIpc) is 2.95. The second-order valence-electron chi connectivity index (χ2n) is 4.99. The molecule has 0 radical (unpaired) electrons. The van der Waals surface area contributed by atoms with Gasteiger partial charge < -0.3 is 15.0 Å². The lowest BCUT2D eigenvalue weighted by atomic mass is 10.0. The van der Waals surface area contributed by atoms with Gasteiger partial charge in [0, 0.05) is 6.42 Å². The average molecular weight is 275 g/mol. The number of methoxy groups -OCH3 is 1. The highest BCUT2D eigenvalue weighted by Gasteiger charge is 2.19. The Balaban J connectivity index is 2.05. The SMILES string of the molecule is CCC(C)[C@H](N)c1nc(Cc2ccc(OC)cc2)no1. The summed E-state index contributed by atoms with van der Waals surface area (Å²) in [6, 6.07) is 7.62. The van der Waals surface area contributed by atoms with Crippen LogP contribution in [0.25, 0.3) is 0 Å². The van der Waals surface area contributed by atoms with Crippen LogP contribution < -0.4 is 10.5 Å². The third kappa shape index (κ3) is 3.36. The number of nitrogens with two attached hydrogens (primary N) is 1. The van der Waals surface area contributed by atoms with Crippen molar-refractivity contribution in [1.82, 2.24) is 10.1 Å². The minimum Gasteiger partial charge on any atom is -0.497 e. The van der Waals surface area contributed by atoms with Gasteiger partial charge in [-0.05, 0) is 23.6 Å². The molecule has 2 atom stereocenters. The van der Waals surface area contributed by atoms with E-state index in [0.717, 1.165) is 17.7 Å². The third-order valence-corrected chi connectivity index (χ3v) is 3.55.